The van der Waals surface area contributed by atoms with Gasteiger partial charge in [-0.3, -0.25) is 19.6 Å². The number of carbonyl (C=O) groups is 1. The van der Waals surface area contributed by atoms with Gasteiger partial charge in [-0.05, 0) is 20.3 Å². The van der Waals surface area contributed by atoms with Gasteiger partial charge >= 0.3 is 5.69 Å². The van der Waals surface area contributed by atoms with E-state index in [1.807, 2.05) is 0 Å². The first-order chi connectivity index (χ1) is 8.97. The molecule has 0 aliphatic rings. The fourth-order valence-corrected chi connectivity index (χ4v) is 1.74. The number of aryl methyl sites for hydroxylation is 1. The topological polar surface area (TPSA) is 99.3 Å². The normalized spacial score (nSPS) is 10.5. The Bertz CT molecular complexity index is 470. The van der Waals surface area contributed by atoms with Gasteiger partial charge in [-0.1, -0.05) is 0 Å². The fourth-order valence-electron chi connectivity index (χ4n) is 1.74. The first kappa shape index (κ1) is 15.1. The van der Waals surface area contributed by atoms with Crippen LogP contribution >= 0.6 is 0 Å². The van der Waals surface area contributed by atoms with Gasteiger partial charge < -0.3 is 10.1 Å². The molecule has 0 fully saturated rings. The molecule has 0 saturated heterocycles. The van der Waals surface area contributed by atoms with Crippen LogP contribution in [-0.4, -0.2) is 40.9 Å². The standard InChI is InChI=1S/C11H18N4O4/c1-8-11(15(17)18)9(2)14(13-8)7-10(16)12-5-4-6-19-3/h4-7H2,1-3H3,(H,12,16). The molecule has 0 saturated carbocycles. The lowest BCUT2D eigenvalue weighted by Crippen LogP contribution is -2.29. The third-order valence-electron chi connectivity index (χ3n) is 2.67. The second-order valence-corrected chi connectivity index (χ2v) is 4.13. The van der Waals surface area contributed by atoms with Crippen molar-refractivity contribution in [2.75, 3.05) is 20.3 Å². The molecule has 1 heterocycles. The highest BCUT2D eigenvalue weighted by molar-refractivity contribution is 5.75. The maximum Gasteiger partial charge on any atom is 0.312 e. The zero-order valence-electron chi connectivity index (χ0n) is 11.3. The van der Waals surface area contributed by atoms with Crippen LogP contribution in [0.2, 0.25) is 0 Å². The van der Waals surface area contributed by atoms with E-state index >= 15 is 0 Å². The number of nitrogens with one attached hydrogen (secondary N) is 1. The molecular formula is C11H18N4O4. The molecule has 0 bridgehead atoms. The minimum absolute atomic E-state index is 0.0203. The number of rotatable bonds is 7. The van der Waals surface area contributed by atoms with Crippen molar-refractivity contribution in [3.63, 3.8) is 0 Å². The zero-order chi connectivity index (χ0) is 14.4. The van der Waals surface area contributed by atoms with E-state index < -0.39 is 4.92 Å². The van der Waals surface area contributed by atoms with Crippen LogP contribution < -0.4 is 5.32 Å². The number of ether oxygens (including phenoxy) is 1. The summed E-state index contributed by atoms with van der Waals surface area (Å²) in [6.07, 6.45) is 0.722. The predicted octanol–water partition coefficient (Wildman–Crippen LogP) is 0.561. The van der Waals surface area contributed by atoms with E-state index in [4.69, 9.17) is 4.74 Å². The van der Waals surface area contributed by atoms with Crippen LogP contribution in [0.5, 0.6) is 0 Å². The fraction of sp³-hybridized carbons (Fsp3) is 0.636. The van der Waals surface area contributed by atoms with Crippen LogP contribution in [0.4, 0.5) is 5.69 Å². The largest absolute Gasteiger partial charge is 0.385 e. The van der Waals surface area contributed by atoms with Crippen LogP contribution in [-0.2, 0) is 16.1 Å². The van der Waals surface area contributed by atoms with E-state index in [1.54, 1.807) is 21.0 Å². The van der Waals surface area contributed by atoms with Crippen molar-refractivity contribution in [2.45, 2.75) is 26.8 Å². The second-order valence-electron chi connectivity index (χ2n) is 4.13. The molecule has 8 nitrogen and oxygen atoms in total. The first-order valence-electron chi connectivity index (χ1n) is 5.91. The Balaban J connectivity index is 2.60. The summed E-state index contributed by atoms with van der Waals surface area (Å²) in [5.41, 5.74) is 0.663. The maximum atomic E-state index is 11.6. The molecular weight excluding hydrogens is 252 g/mol. The van der Waals surface area contributed by atoms with Gasteiger partial charge in [0, 0.05) is 20.3 Å². The molecule has 1 aromatic heterocycles. The van der Waals surface area contributed by atoms with Gasteiger partial charge in [-0.15, -0.1) is 0 Å². The van der Waals surface area contributed by atoms with Crippen LogP contribution in [0, 0.1) is 24.0 Å². The molecule has 0 unspecified atom stereocenters. The van der Waals surface area contributed by atoms with Crippen molar-refractivity contribution >= 4 is 11.6 Å². The summed E-state index contributed by atoms with van der Waals surface area (Å²) in [6, 6.07) is 0. The van der Waals surface area contributed by atoms with Crippen molar-refractivity contribution in [1.29, 1.82) is 0 Å². The van der Waals surface area contributed by atoms with E-state index in [0.717, 1.165) is 6.42 Å². The molecule has 0 atom stereocenters. The van der Waals surface area contributed by atoms with Gasteiger partial charge in [0.25, 0.3) is 0 Å². The third kappa shape index (κ3) is 4.02. The van der Waals surface area contributed by atoms with Gasteiger partial charge in [-0.2, -0.15) is 5.10 Å². The molecule has 8 heteroatoms. The van der Waals surface area contributed by atoms with Crippen LogP contribution in [0.25, 0.3) is 0 Å². The molecule has 1 rings (SSSR count). The van der Waals surface area contributed by atoms with E-state index in [2.05, 4.69) is 10.4 Å². The van der Waals surface area contributed by atoms with E-state index in [0.29, 0.717) is 24.5 Å². The second kappa shape index (κ2) is 6.83. The monoisotopic (exact) mass is 270 g/mol. The van der Waals surface area contributed by atoms with Crippen molar-refractivity contribution in [3.8, 4) is 0 Å². The van der Waals surface area contributed by atoms with Crippen LogP contribution in [0.15, 0.2) is 0 Å². The molecule has 0 aliphatic heterocycles. The van der Waals surface area contributed by atoms with E-state index in [1.165, 1.54) is 4.68 Å². The average Bonchev–Trinajstić information content (AvgIpc) is 2.60. The minimum atomic E-state index is -0.481. The average molecular weight is 270 g/mol. The van der Waals surface area contributed by atoms with Gasteiger partial charge in [0.2, 0.25) is 5.91 Å². The number of hydrogen-bond donors (Lipinski definition) is 1. The number of hydrogen-bond acceptors (Lipinski definition) is 5. The highest BCUT2D eigenvalue weighted by Gasteiger charge is 2.22. The van der Waals surface area contributed by atoms with Gasteiger partial charge in [0.15, 0.2) is 0 Å². The molecule has 19 heavy (non-hydrogen) atoms. The molecule has 1 aromatic rings. The smallest absolute Gasteiger partial charge is 0.312 e. The predicted molar refractivity (Wildman–Crippen MR) is 67.9 cm³/mol. The Hall–Kier alpha value is -1.96. The molecule has 0 radical (unpaired) electrons. The number of aromatic nitrogens is 2. The summed E-state index contributed by atoms with van der Waals surface area (Å²) >= 11 is 0. The van der Waals surface area contributed by atoms with Crippen molar-refractivity contribution in [3.05, 3.63) is 21.5 Å². The molecule has 1 amide bonds. The number of nitrogens with zero attached hydrogens (tertiary/aromatic N) is 3. The Morgan fingerprint density at radius 2 is 2.21 bits per heavy atom. The Kier molecular flexibility index (Phi) is 5.43. The third-order valence-corrected chi connectivity index (χ3v) is 2.67. The van der Waals surface area contributed by atoms with Gasteiger partial charge in [0.05, 0.1) is 4.92 Å². The zero-order valence-corrected chi connectivity index (χ0v) is 11.3. The molecule has 0 aliphatic carbocycles. The molecule has 0 aromatic carbocycles. The molecule has 1 N–H and O–H groups in total. The summed E-state index contributed by atoms with van der Waals surface area (Å²) in [7, 11) is 1.59. The summed E-state index contributed by atoms with van der Waals surface area (Å²) in [6.45, 7) is 4.20. The number of carbonyl (C=O) groups excluding carboxylic acids is 1. The quantitative estimate of drug-likeness (QED) is 0.443. The van der Waals surface area contributed by atoms with Gasteiger partial charge in [-0.25, -0.2) is 0 Å². The van der Waals surface area contributed by atoms with Crippen LogP contribution in [0.1, 0.15) is 17.8 Å². The maximum absolute atomic E-state index is 11.6. The molecule has 0 spiro atoms. The Morgan fingerprint density at radius 1 is 1.53 bits per heavy atom. The number of nitro groups is 1. The van der Waals surface area contributed by atoms with E-state index in [-0.39, 0.29) is 18.1 Å². The van der Waals surface area contributed by atoms with Crippen molar-refractivity contribution in [2.24, 2.45) is 0 Å². The summed E-state index contributed by atoms with van der Waals surface area (Å²) in [4.78, 5) is 22.0. The number of methoxy groups -OCH3 is 1. The lowest BCUT2D eigenvalue weighted by Gasteiger charge is -2.05. The highest BCUT2D eigenvalue weighted by atomic mass is 16.6. The lowest BCUT2D eigenvalue weighted by molar-refractivity contribution is -0.386. The van der Waals surface area contributed by atoms with Gasteiger partial charge in [0.1, 0.15) is 17.9 Å². The summed E-state index contributed by atoms with van der Waals surface area (Å²) < 4.78 is 6.21. The van der Waals surface area contributed by atoms with Crippen molar-refractivity contribution < 1.29 is 14.5 Å². The number of amides is 1. The SMILES string of the molecule is COCCCNC(=O)Cn1nc(C)c([N+](=O)[O-])c1C. The first-order valence-corrected chi connectivity index (χ1v) is 5.91. The highest BCUT2D eigenvalue weighted by Crippen LogP contribution is 2.21. The lowest BCUT2D eigenvalue weighted by atomic mass is 10.3. The Morgan fingerprint density at radius 3 is 2.74 bits per heavy atom. The Labute approximate surface area is 110 Å². The summed E-state index contributed by atoms with van der Waals surface area (Å²) in [5, 5.41) is 17.5. The minimum Gasteiger partial charge on any atom is -0.385 e. The van der Waals surface area contributed by atoms with Crippen molar-refractivity contribution in [1.82, 2.24) is 15.1 Å². The summed E-state index contributed by atoms with van der Waals surface area (Å²) in [5.74, 6) is -0.225. The van der Waals surface area contributed by atoms with Crippen LogP contribution in [0.3, 0.4) is 0 Å². The van der Waals surface area contributed by atoms with E-state index in [9.17, 15) is 14.9 Å². The molecule has 106 valence electrons.